The lowest BCUT2D eigenvalue weighted by atomic mass is 10.0. The van der Waals surface area contributed by atoms with Crippen LogP contribution in [0.1, 0.15) is 22.3 Å². The van der Waals surface area contributed by atoms with Gasteiger partial charge in [0, 0.05) is 0 Å². The molecule has 0 heterocycles. The highest BCUT2D eigenvalue weighted by atomic mass is 16.5. The van der Waals surface area contributed by atoms with Gasteiger partial charge in [0.1, 0.15) is 5.75 Å². The van der Waals surface area contributed by atoms with Crippen LogP contribution < -0.4 is 4.74 Å². The van der Waals surface area contributed by atoms with Crippen LogP contribution in [-0.4, -0.2) is 7.11 Å². The molecular weight excluding hydrogens is 148 g/mol. The van der Waals surface area contributed by atoms with Gasteiger partial charge in [0.25, 0.3) is 0 Å². The highest BCUT2D eigenvalue weighted by Gasteiger charge is 2.07. The molecule has 12 heavy (non-hydrogen) atoms. The quantitative estimate of drug-likeness (QED) is 0.618. The van der Waals surface area contributed by atoms with E-state index in [1.54, 1.807) is 7.11 Å². The molecule has 0 aliphatic rings. The minimum absolute atomic E-state index is 1.00. The second-order valence-electron chi connectivity index (χ2n) is 3.16. The van der Waals surface area contributed by atoms with Crippen LogP contribution in [0.15, 0.2) is 0 Å². The fourth-order valence-electron chi connectivity index (χ4n) is 1.40. The fraction of sp³-hybridized carbons (Fsp3) is 0.455. The van der Waals surface area contributed by atoms with Crippen molar-refractivity contribution in [3.63, 3.8) is 0 Å². The van der Waals surface area contributed by atoms with Crippen LogP contribution in [0.3, 0.4) is 0 Å². The van der Waals surface area contributed by atoms with Crippen molar-refractivity contribution >= 4 is 0 Å². The minimum atomic E-state index is 1.00. The van der Waals surface area contributed by atoms with Gasteiger partial charge < -0.3 is 4.74 Å². The number of ether oxygens (including phenoxy) is 1. The van der Waals surface area contributed by atoms with E-state index in [2.05, 4.69) is 33.8 Å². The van der Waals surface area contributed by atoms with Crippen molar-refractivity contribution < 1.29 is 4.74 Å². The summed E-state index contributed by atoms with van der Waals surface area (Å²) in [4.78, 5) is 0. The molecule has 0 aliphatic heterocycles. The van der Waals surface area contributed by atoms with E-state index < -0.39 is 0 Å². The maximum absolute atomic E-state index is 5.32. The van der Waals surface area contributed by atoms with E-state index >= 15 is 0 Å². The van der Waals surface area contributed by atoms with E-state index in [0.29, 0.717) is 0 Å². The molecular formula is C11H15O. The highest BCUT2D eigenvalue weighted by molar-refractivity contribution is 5.47. The minimum Gasteiger partial charge on any atom is -0.496 e. The molecule has 0 aliphatic carbocycles. The van der Waals surface area contributed by atoms with Gasteiger partial charge >= 0.3 is 0 Å². The molecule has 1 aromatic rings. The lowest BCUT2D eigenvalue weighted by Gasteiger charge is -2.12. The van der Waals surface area contributed by atoms with Crippen molar-refractivity contribution in [3.05, 3.63) is 28.3 Å². The summed E-state index contributed by atoms with van der Waals surface area (Å²) >= 11 is 0. The van der Waals surface area contributed by atoms with Gasteiger partial charge in [-0.25, -0.2) is 0 Å². The Morgan fingerprint density at radius 3 is 1.67 bits per heavy atom. The van der Waals surface area contributed by atoms with Crippen LogP contribution in [0, 0.1) is 33.8 Å². The first-order chi connectivity index (χ1) is 5.57. The number of rotatable bonds is 1. The lowest BCUT2D eigenvalue weighted by molar-refractivity contribution is 0.407. The monoisotopic (exact) mass is 163 g/mol. The molecule has 0 bridgehead atoms. The van der Waals surface area contributed by atoms with Crippen molar-refractivity contribution in [1.82, 2.24) is 0 Å². The van der Waals surface area contributed by atoms with Crippen LogP contribution in [0.5, 0.6) is 5.75 Å². The second kappa shape index (κ2) is 3.18. The van der Waals surface area contributed by atoms with Crippen molar-refractivity contribution in [2.24, 2.45) is 0 Å². The van der Waals surface area contributed by atoms with Crippen molar-refractivity contribution in [2.75, 3.05) is 7.11 Å². The van der Waals surface area contributed by atoms with Gasteiger partial charge in [0.05, 0.1) is 7.11 Å². The molecule has 0 amide bonds. The van der Waals surface area contributed by atoms with Gasteiger partial charge in [-0.05, 0) is 56.0 Å². The summed E-state index contributed by atoms with van der Waals surface area (Å²) in [6.07, 6.45) is 0. The number of aryl methyl sites for hydroxylation is 2. The Labute approximate surface area is 74.4 Å². The van der Waals surface area contributed by atoms with Crippen LogP contribution in [0.2, 0.25) is 0 Å². The Hall–Kier alpha value is -0.980. The van der Waals surface area contributed by atoms with Crippen LogP contribution in [0.4, 0.5) is 0 Å². The molecule has 0 atom stereocenters. The Morgan fingerprint density at radius 1 is 0.917 bits per heavy atom. The normalized spacial score (nSPS) is 10.1. The summed E-state index contributed by atoms with van der Waals surface area (Å²) in [5.41, 5.74) is 4.74. The first-order valence-electron chi connectivity index (χ1n) is 4.11. The highest BCUT2D eigenvalue weighted by Crippen LogP contribution is 2.27. The standard InChI is InChI=1S/C11H15O/c1-7-6-8(2)10(4)11(12-5)9(7)3/h1-5H3. The molecule has 1 heteroatoms. The fourth-order valence-corrected chi connectivity index (χ4v) is 1.40. The van der Waals surface area contributed by atoms with Crippen LogP contribution >= 0.6 is 0 Å². The molecule has 0 spiro atoms. The third-order valence-corrected chi connectivity index (χ3v) is 2.39. The molecule has 0 unspecified atom stereocenters. The largest absolute Gasteiger partial charge is 0.496 e. The Morgan fingerprint density at radius 2 is 1.33 bits per heavy atom. The maximum atomic E-state index is 5.32. The number of hydrogen-bond donors (Lipinski definition) is 0. The van der Waals surface area contributed by atoms with Gasteiger partial charge in [0.15, 0.2) is 0 Å². The molecule has 0 fully saturated rings. The van der Waals surface area contributed by atoms with E-state index in [9.17, 15) is 0 Å². The topological polar surface area (TPSA) is 9.23 Å². The maximum Gasteiger partial charge on any atom is 0.125 e. The van der Waals surface area contributed by atoms with E-state index in [1.165, 1.54) is 22.3 Å². The number of methoxy groups -OCH3 is 1. The molecule has 1 radical (unpaired) electrons. The summed E-state index contributed by atoms with van der Waals surface area (Å²) in [7, 11) is 1.72. The Kier molecular flexibility index (Phi) is 2.41. The molecule has 1 aromatic carbocycles. The average Bonchev–Trinajstić information content (AvgIpc) is 2.02. The molecule has 1 nitrogen and oxygen atoms in total. The van der Waals surface area contributed by atoms with Crippen molar-refractivity contribution in [3.8, 4) is 5.75 Å². The van der Waals surface area contributed by atoms with E-state index in [0.717, 1.165) is 5.75 Å². The smallest absolute Gasteiger partial charge is 0.125 e. The first kappa shape index (κ1) is 9.11. The Balaban J connectivity index is 3.42. The van der Waals surface area contributed by atoms with Crippen LogP contribution in [0.25, 0.3) is 0 Å². The van der Waals surface area contributed by atoms with Gasteiger partial charge in [-0.1, -0.05) is 0 Å². The van der Waals surface area contributed by atoms with E-state index in [1.807, 2.05) is 0 Å². The van der Waals surface area contributed by atoms with Crippen molar-refractivity contribution in [1.29, 1.82) is 0 Å². The Bertz CT molecular complexity index is 274. The van der Waals surface area contributed by atoms with Crippen LogP contribution in [-0.2, 0) is 0 Å². The molecule has 1 rings (SSSR count). The predicted molar refractivity (Wildman–Crippen MR) is 50.8 cm³/mol. The van der Waals surface area contributed by atoms with E-state index in [-0.39, 0.29) is 0 Å². The lowest BCUT2D eigenvalue weighted by Crippen LogP contribution is -1.96. The zero-order valence-electron chi connectivity index (χ0n) is 8.41. The first-order valence-corrected chi connectivity index (χ1v) is 4.11. The summed E-state index contributed by atoms with van der Waals surface area (Å²) in [5, 5.41) is 0. The molecule has 0 saturated heterocycles. The molecule has 0 aromatic heterocycles. The molecule has 0 saturated carbocycles. The summed E-state index contributed by atoms with van der Waals surface area (Å²) in [6.45, 7) is 8.25. The van der Waals surface area contributed by atoms with Gasteiger partial charge in [0.2, 0.25) is 0 Å². The van der Waals surface area contributed by atoms with E-state index in [4.69, 9.17) is 4.74 Å². The SMILES string of the molecule is COc1c(C)c(C)[c]c(C)c1C. The van der Waals surface area contributed by atoms with Gasteiger partial charge in [-0.2, -0.15) is 0 Å². The zero-order chi connectivity index (χ0) is 9.30. The number of benzene rings is 1. The average molecular weight is 163 g/mol. The van der Waals surface area contributed by atoms with Gasteiger partial charge in [-0.15, -0.1) is 0 Å². The summed E-state index contributed by atoms with van der Waals surface area (Å²) in [5.74, 6) is 1.00. The second-order valence-corrected chi connectivity index (χ2v) is 3.16. The van der Waals surface area contributed by atoms with Crippen molar-refractivity contribution in [2.45, 2.75) is 27.7 Å². The predicted octanol–water partition coefficient (Wildman–Crippen LogP) is 2.73. The van der Waals surface area contributed by atoms with Gasteiger partial charge in [-0.3, -0.25) is 0 Å². The molecule has 0 N–H and O–H groups in total. The number of hydrogen-bond acceptors (Lipinski definition) is 1. The third-order valence-electron chi connectivity index (χ3n) is 2.39. The zero-order valence-corrected chi connectivity index (χ0v) is 8.41. The molecule has 65 valence electrons. The summed E-state index contributed by atoms with van der Waals surface area (Å²) in [6, 6.07) is 3.30. The third kappa shape index (κ3) is 1.31. The summed E-state index contributed by atoms with van der Waals surface area (Å²) < 4.78 is 5.32.